The third kappa shape index (κ3) is 2.26. The van der Waals surface area contributed by atoms with Crippen molar-refractivity contribution in [2.45, 2.75) is 12.8 Å². The largest absolute Gasteiger partial charge is 0.454 e. The Morgan fingerprint density at radius 3 is 2.67 bits per heavy atom. The number of pyridine rings is 1. The molecular weight excluding hydrogens is 325 g/mol. The standard InChI is InChI=1S/C16H11F3N2O3/c17-16(18,19)10-2-4-14-20-15(11(7-22)21(14)6-10)9-1-3-12-13(5-9)24-8-23-12/h1-6,22H,7-8H2. The van der Waals surface area contributed by atoms with E-state index in [2.05, 4.69) is 4.98 Å². The van der Waals surface area contributed by atoms with Crippen molar-refractivity contribution >= 4 is 5.65 Å². The second kappa shape index (κ2) is 5.13. The lowest BCUT2D eigenvalue weighted by Crippen LogP contribution is -2.07. The molecule has 1 aromatic carbocycles. The van der Waals surface area contributed by atoms with Gasteiger partial charge in [0, 0.05) is 11.8 Å². The van der Waals surface area contributed by atoms with Gasteiger partial charge in [0.05, 0.1) is 23.6 Å². The first-order valence-electron chi connectivity index (χ1n) is 7.06. The molecule has 3 heterocycles. The second-order valence-electron chi connectivity index (χ2n) is 5.28. The average molecular weight is 336 g/mol. The highest BCUT2D eigenvalue weighted by atomic mass is 19.4. The molecule has 0 spiro atoms. The number of fused-ring (bicyclic) bond motifs is 2. The molecule has 2 aromatic heterocycles. The maximum atomic E-state index is 12.9. The van der Waals surface area contributed by atoms with E-state index < -0.39 is 18.3 Å². The lowest BCUT2D eigenvalue weighted by atomic mass is 10.1. The fraction of sp³-hybridized carbons (Fsp3) is 0.188. The van der Waals surface area contributed by atoms with Crippen LogP contribution in [0.15, 0.2) is 36.5 Å². The molecule has 5 nitrogen and oxygen atoms in total. The zero-order chi connectivity index (χ0) is 16.9. The molecule has 0 saturated carbocycles. The highest BCUT2D eigenvalue weighted by molar-refractivity contribution is 5.69. The third-order valence-electron chi connectivity index (χ3n) is 3.84. The summed E-state index contributed by atoms with van der Waals surface area (Å²) in [6, 6.07) is 7.35. The first-order chi connectivity index (χ1) is 11.5. The molecule has 1 N–H and O–H groups in total. The lowest BCUT2D eigenvalue weighted by molar-refractivity contribution is -0.137. The van der Waals surface area contributed by atoms with Crippen molar-refractivity contribution in [2.24, 2.45) is 0 Å². The summed E-state index contributed by atoms with van der Waals surface area (Å²) in [5.74, 6) is 1.12. The van der Waals surface area contributed by atoms with Gasteiger partial charge in [-0.2, -0.15) is 13.2 Å². The summed E-state index contributed by atoms with van der Waals surface area (Å²) >= 11 is 0. The minimum atomic E-state index is -4.47. The van der Waals surface area contributed by atoms with Crippen LogP contribution in [0.2, 0.25) is 0 Å². The van der Waals surface area contributed by atoms with Crippen LogP contribution in [-0.4, -0.2) is 21.3 Å². The number of hydrogen-bond donors (Lipinski definition) is 1. The first kappa shape index (κ1) is 14.8. The SMILES string of the molecule is OCc1c(-c2ccc3c(c2)OCO3)nc2ccc(C(F)(F)F)cn12. The van der Waals surface area contributed by atoms with Gasteiger partial charge >= 0.3 is 6.18 Å². The zero-order valence-corrected chi connectivity index (χ0v) is 12.2. The maximum Gasteiger partial charge on any atom is 0.417 e. The van der Waals surface area contributed by atoms with Crippen LogP contribution in [0.25, 0.3) is 16.9 Å². The average Bonchev–Trinajstić information content (AvgIpc) is 3.16. The Morgan fingerprint density at radius 2 is 1.92 bits per heavy atom. The van der Waals surface area contributed by atoms with Crippen molar-refractivity contribution in [3.05, 3.63) is 47.8 Å². The number of aromatic nitrogens is 2. The second-order valence-corrected chi connectivity index (χ2v) is 5.28. The highest BCUT2D eigenvalue weighted by Crippen LogP contribution is 2.37. The molecule has 0 atom stereocenters. The summed E-state index contributed by atoms with van der Waals surface area (Å²) in [6.07, 6.45) is -3.53. The summed E-state index contributed by atoms with van der Waals surface area (Å²) in [7, 11) is 0. The fourth-order valence-corrected chi connectivity index (χ4v) is 2.69. The molecule has 0 radical (unpaired) electrons. The van der Waals surface area contributed by atoms with Gasteiger partial charge in [0.25, 0.3) is 0 Å². The number of nitrogens with zero attached hydrogens (tertiary/aromatic N) is 2. The van der Waals surface area contributed by atoms with Crippen molar-refractivity contribution in [1.29, 1.82) is 0 Å². The number of aliphatic hydroxyl groups excluding tert-OH is 1. The Kier molecular flexibility index (Phi) is 3.17. The van der Waals surface area contributed by atoms with Crippen molar-refractivity contribution in [3.8, 4) is 22.8 Å². The predicted molar refractivity (Wildman–Crippen MR) is 77.7 cm³/mol. The molecule has 1 aliphatic rings. The number of hydrogen-bond acceptors (Lipinski definition) is 4. The summed E-state index contributed by atoms with van der Waals surface area (Å²) in [5.41, 5.74) is 0.810. The minimum Gasteiger partial charge on any atom is -0.454 e. The number of ether oxygens (including phenoxy) is 2. The maximum absolute atomic E-state index is 12.9. The highest BCUT2D eigenvalue weighted by Gasteiger charge is 2.31. The third-order valence-corrected chi connectivity index (χ3v) is 3.84. The van der Waals surface area contributed by atoms with Gasteiger partial charge in [-0.25, -0.2) is 4.98 Å². The van der Waals surface area contributed by atoms with E-state index in [-0.39, 0.29) is 12.5 Å². The Balaban J connectivity index is 1.89. The van der Waals surface area contributed by atoms with Crippen LogP contribution in [0.5, 0.6) is 11.5 Å². The number of imidazole rings is 1. The van der Waals surface area contributed by atoms with Gasteiger partial charge in [0.1, 0.15) is 5.65 Å². The summed E-state index contributed by atoms with van der Waals surface area (Å²) in [4.78, 5) is 4.34. The van der Waals surface area contributed by atoms with Crippen LogP contribution in [0.1, 0.15) is 11.3 Å². The Bertz CT molecular complexity index is 934. The first-order valence-corrected chi connectivity index (χ1v) is 7.06. The van der Waals surface area contributed by atoms with E-state index in [0.717, 1.165) is 12.3 Å². The van der Waals surface area contributed by atoms with Gasteiger partial charge in [-0.05, 0) is 30.3 Å². The molecular formula is C16H11F3N2O3. The van der Waals surface area contributed by atoms with Crippen LogP contribution in [0.3, 0.4) is 0 Å². The van der Waals surface area contributed by atoms with Crippen molar-refractivity contribution in [3.63, 3.8) is 0 Å². The number of benzene rings is 1. The zero-order valence-electron chi connectivity index (χ0n) is 12.2. The summed E-state index contributed by atoms with van der Waals surface area (Å²) in [6.45, 7) is -0.335. The molecule has 0 fully saturated rings. The van der Waals surface area contributed by atoms with Gasteiger partial charge in [-0.1, -0.05) is 0 Å². The van der Waals surface area contributed by atoms with Crippen molar-refractivity contribution < 1.29 is 27.8 Å². The van der Waals surface area contributed by atoms with Gasteiger partial charge in [0.15, 0.2) is 11.5 Å². The number of halogens is 3. The normalized spacial score (nSPS) is 13.7. The van der Waals surface area contributed by atoms with E-state index in [1.54, 1.807) is 18.2 Å². The molecule has 0 bridgehead atoms. The van der Waals surface area contributed by atoms with Gasteiger partial charge in [-0.3, -0.25) is 0 Å². The van der Waals surface area contributed by atoms with E-state index in [4.69, 9.17) is 9.47 Å². The molecule has 1 aliphatic heterocycles. The summed E-state index contributed by atoms with van der Waals surface area (Å²) < 4.78 is 50.5. The molecule has 0 unspecified atom stereocenters. The predicted octanol–water partition coefficient (Wildman–Crippen LogP) is 3.24. The van der Waals surface area contributed by atoms with Gasteiger partial charge in [-0.15, -0.1) is 0 Å². The van der Waals surface area contributed by atoms with E-state index in [9.17, 15) is 18.3 Å². The molecule has 4 rings (SSSR count). The minimum absolute atomic E-state index is 0.117. The van der Waals surface area contributed by atoms with E-state index >= 15 is 0 Å². The Labute approximate surface area is 133 Å². The van der Waals surface area contributed by atoms with Crippen LogP contribution in [0, 0.1) is 0 Å². The smallest absolute Gasteiger partial charge is 0.417 e. The van der Waals surface area contributed by atoms with Gasteiger partial charge < -0.3 is 19.0 Å². The van der Waals surface area contributed by atoms with Crippen molar-refractivity contribution in [1.82, 2.24) is 9.38 Å². The molecule has 0 amide bonds. The van der Waals surface area contributed by atoms with Crippen LogP contribution >= 0.6 is 0 Å². The summed E-state index contributed by atoms with van der Waals surface area (Å²) in [5, 5.41) is 9.66. The lowest BCUT2D eigenvalue weighted by Gasteiger charge is -2.08. The Morgan fingerprint density at radius 1 is 1.12 bits per heavy atom. The topological polar surface area (TPSA) is 56.0 Å². The van der Waals surface area contributed by atoms with Crippen LogP contribution in [-0.2, 0) is 12.8 Å². The molecule has 0 aliphatic carbocycles. The molecule has 3 aromatic rings. The fourth-order valence-electron chi connectivity index (χ4n) is 2.69. The quantitative estimate of drug-likeness (QED) is 0.781. The molecule has 0 saturated heterocycles. The molecule has 124 valence electrons. The van der Waals surface area contributed by atoms with E-state index in [1.807, 2.05) is 0 Å². The Hall–Kier alpha value is -2.74. The number of rotatable bonds is 2. The molecule has 24 heavy (non-hydrogen) atoms. The molecule has 8 heteroatoms. The van der Waals surface area contributed by atoms with Gasteiger partial charge in [0.2, 0.25) is 6.79 Å². The number of alkyl halides is 3. The van der Waals surface area contributed by atoms with Crippen LogP contribution < -0.4 is 9.47 Å². The monoisotopic (exact) mass is 336 g/mol. The van der Waals surface area contributed by atoms with Crippen molar-refractivity contribution in [2.75, 3.05) is 6.79 Å². The van der Waals surface area contributed by atoms with E-state index in [0.29, 0.717) is 28.4 Å². The number of aliphatic hydroxyl groups is 1. The van der Waals surface area contributed by atoms with E-state index in [1.165, 1.54) is 10.5 Å². The van der Waals surface area contributed by atoms with Crippen LogP contribution in [0.4, 0.5) is 13.2 Å².